The number of nitrogens with zero attached hydrogens (tertiary/aromatic N) is 3. The van der Waals surface area contributed by atoms with Gasteiger partial charge >= 0.3 is 0 Å². The molecule has 23 heavy (non-hydrogen) atoms. The molecule has 0 N–H and O–H groups in total. The lowest BCUT2D eigenvalue weighted by Crippen LogP contribution is -2.36. The summed E-state index contributed by atoms with van der Waals surface area (Å²) in [5, 5.41) is 2.71. The van der Waals surface area contributed by atoms with Crippen LogP contribution >= 0.6 is 23.5 Å². The van der Waals surface area contributed by atoms with Gasteiger partial charge in [0.15, 0.2) is 0 Å². The van der Waals surface area contributed by atoms with Gasteiger partial charge in [0.2, 0.25) is 0 Å². The highest BCUT2D eigenvalue weighted by molar-refractivity contribution is 8.02. The van der Waals surface area contributed by atoms with Gasteiger partial charge in [0.1, 0.15) is 20.8 Å². The summed E-state index contributed by atoms with van der Waals surface area (Å²) < 4.78 is 0. The lowest BCUT2D eigenvalue weighted by atomic mass is 10.1. The molecule has 0 saturated carbocycles. The van der Waals surface area contributed by atoms with Crippen LogP contribution in [0.1, 0.15) is 21.9 Å². The molecule has 3 nitrogen and oxygen atoms in total. The maximum Gasteiger partial charge on any atom is 0.111 e. The molecular weight excluding hydrogens is 322 g/mol. The number of rotatable bonds is 1. The molecule has 3 aromatic rings. The second-order valence-corrected chi connectivity index (χ2v) is 7.62. The lowest BCUT2D eigenvalue weighted by molar-refractivity contribution is 0.693. The van der Waals surface area contributed by atoms with Gasteiger partial charge in [-0.3, -0.25) is 0 Å². The Balaban J connectivity index is 1.73. The Kier molecular flexibility index (Phi) is 3.09. The van der Waals surface area contributed by atoms with Gasteiger partial charge in [0, 0.05) is 29.2 Å². The Labute approximate surface area is 143 Å². The first-order valence-corrected chi connectivity index (χ1v) is 9.24. The predicted molar refractivity (Wildman–Crippen MR) is 94.6 cm³/mol. The van der Waals surface area contributed by atoms with Crippen molar-refractivity contribution >= 4 is 29.2 Å². The van der Waals surface area contributed by atoms with Gasteiger partial charge in [0.25, 0.3) is 0 Å². The molecule has 0 aliphatic carbocycles. The highest BCUT2D eigenvalue weighted by Gasteiger charge is 2.42. The smallest absolute Gasteiger partial charge is 0.111 e. The molecule has 0 radical (unpaired) electrons. The Morgan fingerprint density at radius 3 is 1.83 bits per heavy atom. The van der Waals surface area contributed by atoms with E-state index in [1.807, 2.05) is 48.1 Å². The van der Waals surface area contributed by atoms with Crippen LogP contribution in [0.4, 0.5) is 5.69 Å². The molecule has 5 rings (SSSR count). The minimum absolute atomic E-state index is 0.217. The second kappa shape index (κ2) is 5.28. The van der Waals surface area contributed by atoms with Gasteiger partial charge in [-0.1, -0.05) is 53.9 Å². The number of fused-ring (bicyclic) bond motifs is 6. The van der Waals surface area contributed by atoms with Crippen LogP contribution in [0.25, 0.3) is 0 Å². The maximum absolute atomic E-state index is 4.61. The zero-order valence-electron chi connectivity index (χ0n) is 12.2. The van der Waals surface area contributed by atoms with Gasteiger partial charge in [-0.25, -0.2) is 9.97 Å². The van der Waals surface area contributed by atoms with Crippen LogP contribution in [0.5, 0.6) is 0 Å². The van der Waals surface area contributed by atoms with Crippen LogP contribution in [0, 0.1) is 0 Å². The van der Waals surface area contributed by atoms with Crippen molar-refractivity contribution in [2.45, 2.75) is 20.8 Å². The number of hydrogen-bond acceptors (Lipinski definition) is 5. The average Bonchev–Trinajstić information content (AvgIpc) is 2.62. The number of thioether (sulfide) groups is 2. The standard InChI is InChI=1S/C18H13N3S2/c1-2-6-12(7-3-1)21-17-13-8-4-10-19-15(13)22-18(21)14-9-5-11-20-16(14)23-17/h1-11,17-18H/t17-,18+. The van der Waals surface area contributed by atoms with E-state index < -0.39 is 0 Å². The minimum Gasteiger partial charge on any atom is -0.338 e. The van der Waals surface area contributed by atoms with Crippen molar-refractivity contribution < 1.29 is 0 Å². The fourth-order valence-electron chi connectivity index (χ4n) is 3.12. The van der Waals surface area contributed by atoms with Gasteiger partial charge in [0.05, 0.1) is 0 Å². The Hall–Kier alpha value is -1.98. The first kappa shape index (κ1) is 13.5. The van der Waals surface area contributed by atoms with Crippen molar-refractivity contribution in [2.75, 3.05) is 4.90 Å². The average molecular weight is 335 g/mol. The SMILES string of the molecule is c1ccc(N2[C@@H]3Sc4ncccc4[C@@H]2Sc2ncccc23)cc1. The summed E-state index contributed by atoms with van der Waals surface area (Å²) in [5.74, 6) is 0. The van der Waals surface area contributed by atoms with E-state index >= 15 is 0 Å². The number of benzene rings is 1. The molecule has 0 fully saturated rings. The van der Waals surface area contributed by atoms with E-state index in [1.54, 1.807) is 0 Å². The van der Waals surface area contributed by atoms with E-state index in [4.69, 9.17) is 0 Å². The Morgan fingerprint density at radius 1 is 0.696 bits per heavy atom. The number of aromatic nitrogens is 2. The van der Waals surface area contributed by atoms with Crippen molar-refractivity contribution in [3.8, 4) is 0 Å². The number of para-hydroxylation sites is 1. The van der Waals surface area contributed by atoms with Crippen LogP contribution in [0.2, 0.25) is 0 Å². The van der Waals surface area contributed by atoms with Gasteiger partial charge in [-0.05, 0) is 24.3 Å². The summed E-state index contributed by atoms with van der Waals surface area (Å²) >= 11 is 3.64. The van der Waals surface area contributed by atoms with Crippen LogP contribution in [-0.4, -0.2) is 9.97 Å². The largest absolute Gasteiger partial charge is 0.338 e. The van der Waals surface area contributed by atoms with Crippen LogP contribution < -0.4 is 4.90 Å². The molecule has 0 amide bonds. The summed E-state index contributed by atoms with van der Waals surface area (Å²) in [5.41, 5.74) is 3.80. The zero-order chi connectivity index (χ0) is 15.2. The summed E-state index contributed by atoms with van der Waals surface area (Å²) in [6, 6.07) is 19.1. The van der Waals surface area contributed by atoms with Gasteiger partial charge in [-0.15, -0.1) is 0 Å². The third kappa shape index (κ3) is 2.07. The minimum atomic E-state index is 0.217. The number of pyridine rings is 2. The second-order valence-electron chi connectivity index (χ2n) is 5.48. The quantitative estimate of drug-likeness (QED) is 0.631. The molecule has 2 aromatic heterocycles. The fraction of sp³-hybridized carbons (Fsp3) is 0.111. The molecule has 4 heterocycles. The summed E-state index contributed by atoms with van der Waals surface area (Å²) in [6.45, 7) is 0. The van der Waals surface area contributed by atoms with Crippen molar-refractivity contribution in [3.63, 3.8) is 0 Å². The zero-order valence-corrected chi connectivity index (χ0v) is 13.8. The molecule has 2 bridgehead atoms. The molecule has 2 aliphatic heterocycles. The van der Waals surface area contributed by atoms with E-state index in [-0.39, 0.29) is 10.7 Å². The first-order chi connectivity index (χ1) is 11.4. The fourth-order valence-corrected chi connectivity index (χ4v) is 6.00. The third-order valence-corrected chi connectivity index (χ3v) is 6.68. The van der Waals surface area contributed by atoms with Crippen LogP contribution in [0.15, 0.2) is 77.0 Å². The molecule has 2 atom stereocenters. The van der Waals surface area contributed by atoms with E-state index in [0.717, 1.165) is 10.1 Å². The monoisotopic (exact) mass is 335 g/mol. The summed E-state index contributed by atoms with van der Waals surface area (Å²) in [6.07, 6.45) is 3.77. The van der Waals surface area contributed by atoms with Crippen molar-refractivity contribution in [2.24, 2.45) is 0 Å². The third-order valence-electron chi connectivity index (χ3n) is 4.14. The first-order valence-electron chi connectivity index (χ1n) is 7.48. The molecule has 0 unspecified atom stereocenters. The topological polar surface area (TPSA) is 29.0 Å². The van der Waals surface area contributed by atoms with E-state index in [0.29, 0.717) is 0 Å². The van der Waals surface area contributed by atoms with Gasteiger partial charge < -0.3 is 4.90 Å². The van der Waals surface area contributed by atoms with E-state index in [2.05, 4.69) is 57.3 Å². The van der Waals surface area contributed by atoms with E-state index in [9.17, 15) is 0 Å². The summed E-state index contributed by atoms with van der Waals surface area (Å²) in [4.78, 5) is 11.7. The van der Waals surface area contributed by atoms with E-state index in [1.165, 1.54) is 16.8 Å². The van der Waals surface area contributed by atoms with Crippen molar-refractivity contribution in [1.29, 1.82) is 0 Å². The maximum atomic E-state index is 4.61. The molecule has 1 aromatic carbocycles. The normalized spacial score (nSPS) is 21.5. The van der Waals surface area contributed by atoms with Gasteiger partial charge in [-0.2, -0.15) is 0 Å². The molecule has 112 valence electrons. The Bertz CT molecular complexity index is 815. The van der Waals surface area contributed by atoms with Crippen LogP contribution in [-0.2, 0) is 0 Å². The molecule has 0 saturated heterocycles. The molecule has 5 heteroatoms. The van der Waals surface area contributed by atoms with Crippen molar-refractivity contribution in [3.05, 3.63) is 78.1 Å². The Morgan fingerprint density at radius 2 is 1.26 bits per heavy atom. The molecule has 2 aliphatic rings. The predicted octanol–water partition coefficient (Wildman–Crippen LogP) is 4.89. The highest BCUT2D eigenvalue weighted by Crippen LogP contribution is 2.60. The lowest BCUT2D eigenvalue weighted by Gasteiger charge is -2.46. The van der Waals surface area contributed by atoms with Crippen molar-refractivity contribution in [1.82, 2.24) is 9.97 Å². The van der Waals surface area contributed by atoms with Crippen LogP contribution in [0.3, 0.4) is 0 Å². The summed E-state index contributed by atoms with van der Waals surface area (Å²) in [7, 11) is 0. The number of anilines is 1. The number of hydrogen-bond donors (Lipinski definition) is 0. The molecular formula is C18H13N3S2. The highest BCUT2D eigenvalue weighted by atomic mass is 32.2. The molecule has 0 spiro atoms.